The number of anilines is 2. The van der Waals surface area contributed by atoms with Gasteiger partial charge in [0.1, 0.15) is 17.7 Å². The number of nitrogens with one attached hydrogen (secondary N) is 1. The van der Waals surface area contributed by atoms with Crippen molar-refractivity contribution in [3.8, 4) is 5.75 Å². The molecule has 36 heavy (non-hydrogen) atoms. The summed E-state index contributed by atoms with van der Waals surface area (Å²) >= 11 is 12.5. The molecule has 12 heteroatoms. The Labute approximate surface area is 220 Å². The lowest BCUT2D eigenvalue weighted by Crippen LogP contribution is -2.48. The Morgan fingerprint density at radius 1 is 1.08 bits per heavy atom. The van der Waals surface area contributed by atoms with Crippen LogP contribution >= 0.6 is 23.2 Å². The highest BCUT2D eigenvalue weighted by Crippen LogP contribution is 2.33. The molecule has 1 aliphatic heterocycles. The number of piperazine rings is 1. The van der Waals surface area contributed by atoms with E-state index in [0.717, 1.165) is 5.82 Å². The number of nitrogen functional groups attached to an aromatic ring is 1. The first-order valence-corrected chi connectivity index (χ1v) is 13.8. The van der Waals surface area contributed by atoms with Gasteiger partial charge in [-0.25, -0.2) is 13.4 Å². The second-order valence-corrected chi connectivity index (χ2v) is 11.3. The van der Waals surface area contributed by atoms with Crippen molar-refractivity contribution in [1.29, 1.82) is 5.41 Å². The van der Waals surface area contributed by atoms with Crippen LogP contribution < -0.4 is 15.4 Å². The Morgan fingerprint density at radius 3 is 2.33 bits per heavy atom. The van der Waals surface area contributed by atoms with Gasteiger partial charge in [0.05, 0.1) is 22.0 Å². The number of hydrogen-bond donors (Lipinski definition) is 2. The van der Waals surface area contributed by atoms with Gasteiger partial charge in [0, 0.05) is 67.1 Å². The van der Waals surface area contributed by atoms with Gasteiger partial charge < -0.3 is 15.4 Å². The van der Waals surface area contributed by atoms with Crippen molar-refractivity contribution in [3.63, 3.8) is 0 Å². The molecule has 0 saturated carbocycles. The topological polar surface area (TPSA) is 126 Å². The SMILES string of the molecule is C[C@H](Oc1ccc(N)c(C(=N)c2ccc(N3CCN(S(C)(=O)=O)CC3)nc2)c1)c1c(Cl)cncc1Cl. The number of rotatable bonds is 7. The number of pyridine rings is 2. The van der Waals surface area contributed by atoms with Crippen LogP contribution in [-0.4, -0.2) is 60.8 Å². The smallest absolute Gasteiger partial charge is 0.211 e. The molecule has 2 aromatic heterocycles. The molecule has 1 fully saturated rings. The molecule has 1 atom stereocenters. The molecule has 3 heterocycles. The summed E-state index contributed by atoms with van der Waals surface area (Å²) in [5.74, 6) is 1.23. The molecule has 1 saturated heterocycles. The molecule has 9 nitrogen and oxygen atoms in total. The molecule has 0 amide bonds. The fourth-order valence-electron chi connectivity index (χ4n) is 4.02. The number of ether oxygens (including phenoxy) is 1. The number of sulfonamides is 1. The zero-order chi connectivity index (χ0) is 26.0. The van der Waals surface area contributed by atoms with Crippen molar-refractivity contribution >= 4 is 50.4 Å². The van der Waals surface area contributed by atoms with E-state index in [1.165, 1.54) is 23.0 Å². The molecule has 0 radical (unpaired) electrons. The first-order chi connectivity index (χ1) is 17.0. The first-order valence-electron chi connectivity index (χ1n) is 11.1. The van der Waals surface area contributed by atoms with E-state index in [1.54, 1.807) is 30.5 Å². The van der Waals surface area contributed by atoms with E-state index in [1.807, 2.05) is 17.9 Å². The van der Waals surface area contributed by atoms with Gasteiger partial charge in [-0.1, -0.05) is 23.2 Å². The Hall–Kier alpha value is -2.92. The third-order valence-corrected chi connectivity index (χ3v) is 7.88. The molecule has 0 aliphatic carbocycles. The zero-order valence-electron chi connectivity index (χ0n) is 19.8. The minimum Gasteiger partial charge on any atom is -0.486 e. The van der Waals surface area contributed by atoms with E-state index in [2.05, 4.69) is 9.97 Å². The van der Waals surface area contributed by atoms with Crippen LogP contribution in [0.25, 0.3) is 0 Å². The minimum absolute atomic E-state index is 0.200. The van der Waals surface area contributed by atoms with Crippen molar-refractivity contribution < 1.29 is 13.2 Å². The Kier molecular flexibility index (Phi) is 7.70. The third-order valence-electron chi connectivity index (χ3n) is 5.97. The predicted molar refractivity (Wildman–Crippen MR) is 143 cm³/mol. The largest absolute Gasteiger partial charge is 0.486 e. The van der Waals surface area contributed by atoms with Crippen molar-refractivity contribution in [2.24, 2.45) is 0 Å². The normalized spacial score (nSPS) is 15.5. The van der Waals surface area contributed by atoms with E-state index in [4.69, 9.17) is 39.1 Å². The highest BCUT2D eigenvalue weighted by Gasteiger charge is 2.24. The molecular weight excluding hydrogens is 523 g/mol. The first kappa shape index (κ1) is 26.2. The van der Waals surface area contributed by atoms with E-state index < -0.39 is 16.1 Å². The molecule has 190 valence electrons. The van der Waals surface area contributed by atoms with Crippen LogP contribution in [0, 0.1) is 5.41 Å². The molecular formula is C24H26Cl2N6O3S. The van der Waals surface area contributed by atoms with Crippen molar-refractivity contribution in [3.05, 3.63) is 75.7 Å². The third kappa shape index (κ3) is 5.73. The fourth-order valence-corrected chi connectivity index (χ4v) is 5.52. The maximum Gasteiger partial charge on any atom is 0.211 e. The van der Waals surface area contributed by atoms with Crippen LogP contribution in [0.1, 0.15) is 29.7 Å². The summed E-state index contributed by atoms with van der Waals surface area (Å²) in [6, 6.07) is 8.75. The second-order valence-electron chi connectivity index (χ2n) is 8.46. The molecule has 3 N–H and O–H groups in total. The van der Waals surface area contributed by atoms with Gasteiger partial charge in [0.15, 0.2) is 0 Å². The summed E-state index contributed by atoms with van der Waals surface area (Å²) in [5.41, 5.74) is 8.53. The Balaban J connectivity index is 1.48. The van der Waals surface area contributed by atoms with Crippen LogP contribution in [0.3, 0.4) is 0 Å². The van der Waals surface area contributed by atoms with E-state index in [0.29, 0.717) is 64.4 Å². The Morgan fingerprint density at radius 2 is 1.75 bits per heavy atom. The van der Waals surface area contributed by atoms with Crippen LogP contribution in [-0.2, 0) is 10.0 Å². The molecule has 0 bridgehead atoms. The average molecular weight is 549 g/mol. The number of nitrogens with two attached hydrogens (primary N) is 1. The number of hydrogen-bond acceptors (Lipinski definition) is 8. The molecule has 1 aromatic carbocycles. The van der Waals surface area contributed by atoms with Gasteiger partial charge in [-0.2, -0.15) is 4.31 Å². The minimum atomic E-state index is -3.20. The summed E-state index contributed by atoms with van der Waals surface area (Å²) < 4.78 is 31.0. The number of halogens is 2. The quantitative estimate of drug-likeness (QED) is 0.337. The molecule has 0 spiro atoms. The highest BCUT2D eigenvalue weighted by atomic mass is 35.5. The summed E-state index contributed by atoms with van der Waals surface area (Å²) in [5, 5.41) is 9.53. The highest BCUT2D eigenvalue weighted by molar-refractivity contribution is 7.88. The maximum absolute atomic E-state index is 11.7. The Bertz CT molecular complexity index is 1360. The summed E-state index contributed by atoms with van der Waals surface area (Å²) in [7, 11) is -3.20. The molecule has 0 unspecified atom stereocenters. The zero-order valence-corrected chi connectivity index (χ0v) is 22.1. The maximum atomic E-state index is 11.7. The second kappa shape index (κ2) is 10.6. The van der Waals surface area contributed by atoms with Crippen LogP contribution in [0.15, 0.2) is 48.9 Å². The van der Waals surface area contributed by atoms with Crippen molar-refractivity contribution in [1.82, 2.24) is 14.3 Å². The molecule has 4 rings (SSSR count). The monoisotopic (exact) mass is 548 g/mol. The van der Waals surface area contributed by atoms with Gasteiger partial charge in [-0.3, -0.25) is 10.4 Å². The summed E-state index contributed by atoms with van der Waals surface area (Å²) in [4.78, 5) is 10.5. The number of nitrogens with zero attached hydrogens (tertiary/aromatic N) is 4. The molecule has 1 aliphatic rings. The van der Waals surface area contributed by atoms with Crippen LogP contribution in [0.5, 0.6) is 5.75 Å². The molecule has 3 aromatic rings. The van der Waals surface area contributed by atoms with Gasteiger partial charge in [-0.05, 0) is 37.3 Å². The van der Waals surface area contributed by atoms with E-state index in [-0.39, 0.29) is 5.71 Å². The summed E-state index contributed by atoms with van der Waals surface area (Å²) in [6.45, 7) is 3.75. The fraction of sp³-hybridized carbons (Fsp3) is 0.292. The van der Waals surface area contributed by atoms with Crippen LogP contribution in [0.2, 0.25) is 10.0 Å². The van der Waals surface area contributed by atoms with Crippen LogP contribution in [0.4, 0.5) is 11.5 Å². The number of aromatic nitrogens is 2. The van der Waals surface area contributed by atoms with E-state index in [9.17, 15) is 8.42 Å². The van der Waals surface area contributed by atoms with Gasteiger partial charge in [-0.15, -0.1) is 0 Å². The standard InChI is InChI=1S/C24H26Cl2N6O3S/c1-15(23-19(25)13-29-14-20(23)26)35-17-4-5-21(27)18(11-17)24(28)16-3-6-22(30-12-16)31-7-9-32(10-8-31)36(2,33)34/h3-6,11-15,28H,7-10,27H2,1-2H3/t15-/m0/s1. The lowest BCUT2D eigenvalue weighted by atomic mass is 10.0. The lowest BCUT2D eigenvalue weighted by molar-refractivity contribution is 0.227. The van der Waals surface area contributed by atoms with Crippen molar-refractivity contribution in [2.45, 2.75) is 13.0 Å². The van der Waals surface area contributed by atoms with E-state index >= 15 is 0 Å². The lowest BCUT2D eigenvalue weighted by Gasteiger charge is -2.34. The van der Waals surface area contributed by atoms with Gasteiger partial charge in [0.2, 0.25) is 10.0 Å². The van der Waals surface area contributed by atoms with Gasteiger partial charge >= 0.3 is 0 Å². The average Bonchev–Trinajstić information content (AvgIpc) is 2.84. The number of benzene rings is 1. The predicted octanol–water partition coefficient (Wildman–Crippen LogP) is 4.00. The van der Waals surface area contributed by atoms with Crippen molar-refractivity contribution in [2.75, 3.05) is 43.1 Å². The van der Waals surface area contributed by atoms with Gasteiger partial charge in [0.25, 0.3) is 0 Å². The summed E-state index contributed by atoms with van der Waals surface area (Å²) in [6.07, 6.45) is 5.40.